The minimum atomic E-state index is -0.275. The van der Waals surface area contributed by atoms with Gasteiger partial charge in [0.05, 0.1) is 6.42 Å². The van der Waals surface area contributed by atoms with Crippen molar-refractivity contribution in [1.29, 1.82) is 0 Å². The quantitative estimate of drug-likeness (QED) is 0.801. The largest absolute Gasteiger partial charge is 0.369 e. The first-order chi connectivity index (χ1) is 11.1. The molecule has 8 nitrogen and oxygen atoms in total. The molecular formula is C15H18N6O2. The number of pyridine rings is 1. The van der Waals surface area contributed by atoms with Crippen molar-refractivity contribution in [1.82, 2.24) is 19.9 Å². The zero-order chi connectivity index (χ0) is 16.2. The molecule has 2 aromatic rings. The van der Waals surface area contributed by atoms with Gasteiger partial charge in [-0.1, -0.05) is 6.07 Å². The van der Waals surface area contributed by atoms with Gasteiger partial charge in [-0.25, -0.2) is 0 Å². The fraction of sp³-hybridized carbons (Fsp3) is 0.333. The van der Waals surface area contributed by atoms with Crippen molar-refractivity contribution in [2.75, 3.05) is 36.8 Å². The molecule has 2 aromatic heterocycles. The van der Waals surface area contributed by atoms with Crippen molar-refractivity contribution in [3.8, 4) is 0 Å². The molecule has 0 saturated carbocycles. The maximum absolute atomic E-state index is 12.3. The number of anilines is 2. The van der Waals surface area contributed by atoms with E-state index < -0.39 is 0 Å². The molecule has 0 atom stereocenters. The molecule has 0 unspecified atom stereocenters. The highest BCUT2D eigenvalue weighted by Crippen LogP contribution is 2.13. The number of rotatable bonds is 3. The fourth-order valence-corrected chi connectivity index (χ4v) is 2.60. The van der Waals surface area contributed by atoms with E-state index in [-0.39, 0.29) is 17.4 Å². The minimum Gasteiger partial charge on any atom is -0.369 e. The van der Waals surface area contributed by atoms with E-state index >= 15 is 0 Å². The first-order valence-electron chi connectivity index (χ1n) is 7.40. The molecular weight excluding hydrogens is 296 g/mol. The van der Waals surface area contributed by atoms with Gasteiger partial charge in [0.2, 0.25) is 11.9 Å². The summed E-state index contributed by atoms with van der Waals surface area (Å²) in [5.41, 5.74) is 6.19. The van der Waals surface area contributed by atoms with Gasteiger partial charge in [-0.2, -0.15) is 4.98 Å². The summed E-state index contributed by atoms with van der Waals surface area (Å²) in [6.07, 6.45) is 3.74. The average Bonchev–Trinajstić information content (AvgIpc) is 2.55. The Morgan fingerprint density at radius 3 is 2.74 bits per heavy atom. The Morgan fingerprint density at radius 2 is 2.09 bits per heavy atom. The molecule has 8 heteroatoms. The molecule has 1 amide bonds. The molecule has 0 bridgehead atoms. The van der Waals surface area contributed by atoms with E-state index in [1.807, 2.05) is 21.9 Å². The molecule has 3 rings (SSSR count). The third-order valence-corrected chi connectivity index (χ3v) is 3.78. The van der Waals surface area contributed by atoms with Crippen molar-refractivity contribution in [2.45, 2.75) is 6.42 Å². The van der Waals surface area contributed by atoms with Crippen LogP contribution in [0.2, 0.25) is 0 Å². The second kappa shape index (κ2) is 6.47. The number of nitrogens with zero attached hydrogens (tertiary/aromatic N) is 4. The van der Waals surface area contributed by atoms with Gasteiger partial charge in [-0.15, -0.1) is 0 Å². The molecule has 1 saturated heterocycles. The zero-order valence-electron chi connectivity index (χ0n) is 12.6. The van der Waals surface area contributed by atoms with Gasteiger partial charge in [-0.05, 0) is 11.6 Å². The smallest absolute Gasteiger partial charge is 0.254 e. The van der Waals surface area contributed by atoms with Crippen molar-refractivity contribution >= 4 is 17.7 Å². The number of aromatic amines is 1. The summed E-state index contributed by atoms with van der Waals surface area (Å²) in [7, 11) is 0. The van der Waals surface area contributed by atoms with E-state index in [1.54, 1.807) is 12.4 Å². The SMILES string of the molecule is Nc1nc(N2CCN(C(=O)Cc3cccnc3)CC2)cc(=O)[nH]1. The number of nitrogen functional groups attached to an aromatic ring is 1. The van der Waals surface area contributed by atoms with E-state index in [0.29, 0.717) is 38.4 Å². The summed E-state index contributed by atoms with van der Waals surface area (Å²) in [5, 5.41) is 0. The molecule has 1 aliphatic heterocycles. The van der Waals surface area contributed by atoms with Gasteiger partial charge in [0.1, 0.15) is 5.82 Å². The van der Waals surface area contributed by atoms with Crippen LogP contribution in [0.15, 0.2) is 35.4 Å². The monoisotopic (exact) mass is 314 g/mol. The van der Waals surface area contributed by atoms with Crippen LogP contribution in [-0.2, 0) is 11.2 Å². The number of hydrogen-bond donors (Lipinski definition) is 2. The summed E-state index contributed by atoms with van der Waals surface area (Å²) in [6.45, 7) is 2.42. The molecule has 0 aliphatic carbocycles. The number of amides is 1. The molecule has 0 aromatic carbocycles. The first-order valence-corrected chi connectivity index (χ1v) is 7.40. The second-order valence-electron chi connectivity index (χ2n) is 5.39. The van der Waals surface area contributed by atoms with Crippen molar-refractivity contribution in [2.24, 2.45) is 0 Å². The number of piperazine rings is 1. The van der Waals surface area contributed by atoms with Crippen LogP contribution in [0.1, 0.15) is 5.56 Å². The van der Waals surface area contributed by atoms with Crippen LogP contribution in [0.4, 0.5) is 11.8 Å². The van der Waals surface area contributed by atoms with E-state index in [2.05, 4.69) is 15.0 Å². The zero-order valence-corrected chi connectivity index (χ0v) is 12.6. The van der Waals surface area contributed by atoms with Crippen molar-refractivity contribution in [3.05, 3.63) is 46.5 Å². The summed E-state index contributed by atoms with van der Waals surface area (Å²) in [6, 6.07) is 5.14. The lowest BCUT2D eigenvalue weighted by Gasteiger charge is -2.35. The standard InChI is InChI=1S/C15H18N6O2/c16-15-18-12(9-13(22)19-15)20-4-6-21(7-5-20)14(23)8-11-2-1-3-17-10-11/h1-3,9-10H,4-8H2,(H3,16,18,19,22). The second-order valence-corrected chi connectivity index (χ2v) is 5.39. The highest BCUT2D eigenvalue weighted by molar-refractivity contribution is 5.79. The summed E-state index contributed by atoms with van der Waals surface area (Å²) >= 11 is 0. The minimum absolute atomic E-state index is 0.0797. The predicted molar refractivity (Wildman–Crippen MR) is 86.0 cm³/mol. The lowest BCUT2D eigenvalue weighted by molar-refractivity contribution is -0.130. The molecule has 0 radical (unpaired) electrons. The number of nitrogens with one attached hydrogen (secondary N) is 1. The third kappa shape index (κ3) is 3.65. The Morgan fingerprint density at radius 1 is 1.30 bits per heavy atom. The Hall–Kier alpha value is -2.90. The maximum Gasteiger partial charge on any atom is 0.254 e. The van der Waals surface area contributed by atoms with Gasteiger partial charge >= 0.3 is 0 Å². The van der Waals surface area contributed by atoms with Gasteiger partial charge in [0.15, 0.2) is 0 Å². The summed E-state index contributed by atoms with van der Waals surface area (Å²) in [4.78, 5) is 38.1. The van der Waals surface area contributed by atoms with E-state index in [0.717, 1.165) is 5.56 Å². The van der Waals surface area contributed by atoms with Crippen LogP contribution >= 0.6 is 0 Å². The van der Waals surface area contributed by atoms with Crippen LogP contribution in [0.5, 0.6) is 0 Å². The third-order valence-electron chi connectivity index (χ3n) is 3.78. The number of H-pyrrole nitrogens is 1. The molecule has 0 spiro atoms. The van der Waals surface area contributed by atoms with Gasteiger partial charge in [-0.3, -0.25) is 19.6 Å². The molecule has 3 heterocycles. The summed E-state index contributed by atoms with van der Waals surface area (Å²) < 4.78 is 0. The molecule has 1 aliphatic rings. The van der Waals surface area contributed by atoms with Crippen LogP contribution in [0.3, 0.4) is 0 Å². The lowest BCUT2D eigenvalue weighted by atomic mass is 10.2. The van der Waals surface area contributed by atoms with Gasteiger partial charge < -0.3 is 15.5 Å². The van der Waals surface area contributed by atoms with Gasteiger partial charge in [0, 0.05) is 44.6 Å². The van der Waals surface area contributed by atoms with Crippen molar-refractivity contribution < 1.29 is 4.79 Å². The topological polar surface area (TPSA) is 108 Å². The maximum atomic E-state index is 12.3. The highest BCUT2D eigenvalue weighted by atomic mass is 16.2. The summed E-state index contributed by atoms with van der Waals surface area (Å²) in [5.74, 6) is 0.726. The average molecular weight is 314 g/mol. The molecule has 3 N–H and O–H groups in total. The van der Waals surface area contributed by atoms with Crippen LogP contribution in [0, 0.1) is 0 Å². The number of carbonyl (C=O) groups is 1. The molecule has 120 valence electrons. The van der Waals surface area contributed by atoms with Crippen LogP contribution < -0.4 is 16.2 Å². The predicted octanol–water partition coefficient (Wildman–Crippen LogP) is -0.362. The van der Waals surface area contributed by atoms with Crippen LogP contribution in [0.25, 0.3) is 0 Å². The van der Waals surface area contributed by atoms with E-state index in [9.17, 15) is 9.59 Å². The van der Waals surface area contributed by atoms with Crippen LogP contribution in [-0.4, -0.2) is 51.9 Å². The Labute approximate surface area is 133 Å². The number of carbonyl (C=O) groups excluding carboxylic acids is 1. The Kier molecular flexibility index (Phi) is 4.22. The van der Waals surface area contributed by atoms with Gasteiger partial charge in [0.25, 0.3) is 5.56 Å². The van der Waals surface area contributed by atoms with E-state index in [1.165, 1.54) is 6.07 Å². The first kappa shape index (κ1) is 15.0. The highest BCUT2D eigenvalue weighted by Gasteiger charge is 2.22. The van der Waals surface area contributed by atoms with Crippen molar-refractivity contribution in [3.63, 3.8) is 0 Å². The molecule has 1 fully saturated rings. The number of aromatic nitrogens is 3. The Bertz CT molecular complexity index is 737. The normalized spacial score (nSPS) is 14.8. The number of nitrogens with two attached hydrogens (primary N) is 1. The van der Waals surface area contributed by atoms with E-state index in [4.69, 9.17) is 5.73 Å². The Balaban J connectivity index is 1.59. The lowest BCUT2D eigenvalue weighted by Crippen LogP contribution is -2.49. The fourth-order valence-electron chi connectivity index (χ4n) is 2.60. The molecule has 23 heavy (non-hydrogen) atoms. The number of hydrogen-bond acceptors (Lipinski definition) is 6.